The lowest BCUT2D eigenvalue weighted by Crippen LogP contribution is -2.56. The number of aliphatic hydroxyl groups is 1. The Labute approximate surface area is 226 Å². The van der Waals surface area contributed by atoms with Crippen molar-refractivity contribution in [1.29, 1.82) is 0 Å². The molecule has 4 aliphatic heterocycles. The van der Waals surface area contributed by atoms with Crippen molar-refractivity contribution < 1.29 is 24.2 Å². The van der Waals surface area contributed by atoms with Crippen molar-refractivity contribution in [3.05, 3.63) is 66.8 Å². The van der Waals surface area contributed by atoms with Crippen LogP contribution in [0.2, 0.25) is 0 Å². The first-order chi connectivity index (χ1) is 18.3. The van der Waals surface area contributed by atoms with Crippen LogP contribution in [0.4, 0.5) is 5.69 Å². The number of hydrogen-bond acceptors (Lipinski definition) is 6. The Morgan fingerprint density at radius 2 is 1.84 bits per heavy atom. The van der Waals surface area contributed by atoms with Gasteiger partial charge in [-0.1, -0.05) is 61.6 Å². The third-order valence-electron chi connectivity index (χ3n) is 8.58. The number of benzene rings is 2. The first-order valence-electron chi connectivity index (χ1n) is 13.3. The summed E-state index contributed by atoms with van der Waals surface area (Å²) in [6.45, 7) is 4.23. The van der Waals surface area contributed by atoms with Gasteiger partial charge in [0, 0.05) is 17.0 Å². The number of likely N-dealkylation sites (tertiary alicyclic amines) is 1. The average Bonchev–Trinajstić information content (AvgIpc) is 3.23. The first-order valence-corrected chi connectivity index (χ1v) is 14.1. The van der Waals surface area contributed by atoms with Gasteiger partial charge in [0.2, 0.25) is 5.91 Å². The highest BCUT2D eigenvalue weighted by Gasteiger charge is 2.74. The summed E-state index contributed by atoms with van der Waals surface area (Å²) < 4.78 is 3.92. The predicted octanol–water partition coefficient (Wildman–Crippen LogP) is 3.70. The van der Waals surface area contributed by atoms with Crippen LogP contribution < -0.4 is 4.90 Å². The molecule has 1 N–H and O–H groups in total. The largest absolute Gasteiger partial charge is 0.465 e. The number of ether oxygens (including phenoxy) is 1. The molecule has 6 rings (SSSR count). The number of carbonyl (C=O) groups is 3. The lowest BCUT2D eigenvalue weighted by Gasteiger charge is -2.39. The number of hydrogen-bond donors (Lipinski definition) is 1. The van der Waals surface area contributed by atoms with Crippen LogP contribution in [0.3, 0.4) is 0 Å². The van der Waals surface area contributed by atoms with Gasteiger partial charge in [0.15, 0.2) is 0 Å². The van der Waals surface area contributed by atoms with Crippen molar-refractivity contribution in [3.63, 3.8) is 0 Å². The lowest BCUT2D eigenvalue weighted by molar-refractivity contribution is -0.154. The minimum Gasteiger partial charge on any atom is -0.465 e. The van der Waals surface area contributed by atoms with Crippen LogP contribution in [-0.2, 0) is 19.1 Å². The maximum Gasteiger partial charge on any atom is 0.311 e. The summed E-state index contributed by atoms with van der Waals surface area (Å²) in [6, 6.07) is 12.5. The van der Waals surface area contributed by atoms with Gasteiger partial charge >= 0.3 is 5.97 Å². The molecule has 0 aliphatic carbocycles. The molecule has 0 radical (unpaired) electrons. The SMILES string of the molecule is CC[C@@H](CO)N1C(=O)[C@@H]2[C@@H]3C(=O)OCCC=C[C@]3(C)S[C@@]23C=CCN(c2ccc4ccccc4c2)C(=O)C13. The fourth-order valence-electron chi connectivity index (χ4n) is 6.81. The first kappa shape index (κ1) is 25.2. The molecule has 6 atom stereocenters. The number of amides is 2. The molecule has 2 saturated heterocycles. The number of carbonyl (C=O) groups excluding carboxylic acids is 3. The molecule has 198 valence electrons. The highest BCUT2D eigenvalue weighted by molar-refractivity contribution is 8.02. The van der Waals surface area contributed by atoms with Crippen molar-refractivity contribution in [1.82, 2.24) is 4.90 Å². The van der Waals surface area contributed by atoms with Crippen LogP contribution in [-0.4, -0.2) is 69.1 Å². The molecule has 1 spiro atoms. The van der Waals surface area contributed by atoms with Gasteiger partial charge in [-0.3, -0.25) is 14.4 Å². The van der Waals surface area contributed by atoms with Gasteiger partial charge in [-0.2, -0.15) is 0 Å². The maximum atomic E-state index is 14.6. The second-order valence-corrected chi connectivity index (χ2v) is 12.5. The summed E-state index contributed by atoms with van der Waals surface area (Å²) in [4.78, 5) is 45.6. The third-order valence-corrected chi connectivity index (χ3v) is 10.4. The summed E-state index contributed by atoms with van der Waals surface area (Å²) in [7, 11) is 0. The van der Waals surface area contributed by atoms with E-state index in [-0.39, 0.29) is 25.0 Å². The molecular formula is C30H32N2O5S. The Balaban J connectivity index is 1.50. The molecule has 0 saturated carbocycles. The standard InChI is InChI=1S/C30H32N2O5S/c1-3-21(18-33)32-25-27(35)31(22-12-11-19-9-4-5-10-20(19)17-22)15-8-14-30(25)23(26(32)34)24-28(36)37-16-7-6-13-29(24,2)38-30/h4-6,8-14,17,21,23-25,33H,3,7,15-16,18H2,1-2H3/t21-,23-,24+,25?,29-,30-/m0/s1. The number of anilines is 1. The fraction of sp³-hybridized carbons (Fsp3) is 0.433. The van der Waals surface area contributed by atoms with Crippen LogP contribution in [0.1, 0.15) is 26.7 Å². The minimum atomic E-state index is -0.963. The monoisotopic (exact) mass is 532 g/mol. The van der Waals surface area contributed by atoms with Gasteiger partial charge < -0.3 is 19.6 Å². The number of esters is 1. The Hall–Kier alpha value is -3.10. The van der Waals surface area contributed by atoms with Crippen molar-refractivity contribution in [3.8, 4) is 0 Å². The normalized spacial score (nSPS) is 33.3. The zero-order valence-corrected chi connectivity index (χ0v) is 22.4. The molecule has 1 unspecified atom stereocenters. The van der Waals surface area contributed by atoms with Gasteiger partial charge in [0.1, 0.15) is 6.04 Å². The molecule has 4 heterocycles. The van der Waals surface area contributed by atoms with E-state index in [1.54, 1.807) is 9.80 Å². The highest BCUT2D eigenvalue weighted by Crippen LogP contribution is 2.65. The van der Waals surface area contributed by atoms with Crippen LogP contribution in [0.15, 0.2) is 66.8 Å². The van der Waals surface area contributed by atoms with E-state index in [0.29, 0.717) is 19.4 Å². The smallest absolute Gasteiger partial charge is 0.311 e. The van der Waals surface area contributed by atoms with E-state index in [0.717, 1.165) is 16.5 Å². The fourth-order valence-corrected chi connectivity index (χ4v) is 8.95. The summed E-state index contributed by atoms with van der Waals surface area (Å²) in [5, 5.41) is 12.4. The van der Waals surface area contributed by atoms with Gasteiger partial charge in [0.25, 0.3) is 5.91 Å². The number of nitrogens with zero attached hydrogens (tertiary/aromatic N) is 2. The predicted molar refractivity (Wildman–Crippen MR) is 148 cm³/mol. The van der Waals surface area contributed by atoms with Crippen molar-refractivity contribution in [2.45, 2.75) is 48.3 Å². The van der Waals surface area contributed by atoms with Crippen LogP contribution in [0, 0.1) is 11.8 Å². The number of cyclic esters (lactones) is 1. The zero-order valence-electron chi connectivity index (χ0n) is 21.6. The summed E-state index contributed by atoms with van der Waals surface area (Å²) in [5.74, 6) is -2.36. The van der Waals surface area contributed by atoms with Crippen LogP contribution >= 0.6 is 11.8 Å². The Morgan fingerprint density at radius 1 is 1.05 bits per heavy atom. The van der Waals surface area contributed by atoms with Gasteiger partial charge in [-0.05, 0) is 42.7 Å². The topological polar surface area (TPSA) is 87.2 Å². The summed E-state index contributed by atoms with van der Waals surface area (Å²) in [6.07, 6.45) is 9.09. The van der Waals surface area contributed by atoms with E-state index < -0.39 is 39.4 Å². The molecule has 2 aromatic carbocycles. The summed E-state index contributed by atoms with van der Waals surface area (Å²) >= 11 is 1.52. The highest BCUT2D eigenvalue weighted by atomic mass is 32.2. The van der Waals surface area contributed by atoms with E-state index in [9.17, 15) is 19.5 Å². The maximum absolute atomic E-state index is 14.6. The molecule has 0 bridgehead atoms. The zero-order chi connectivity index (χ0) is 26.7. The Kier molecular flexibility index (Phi) is 6.15. The molecule has 7 nitrogen and oxygen atoms in total. The van der Waals surface area contributed by atoms with Gasteiger partial charge in [-0.25, -0.2) is 0 Å². The number of rotatable bonds is 4. The van der Waals surface area contributed by atoms with E-state index in [4.69, 9.17) is 4.74 Å². The molecule has 2 amide bonds. The van der Waals surface area contributed by atoms with Crippen molar-refractivity contribution in [2.24, 2.45) is 11.8 Å². The van der Waals surface area contributed by atoms with Crippen molar-refractivity contribution >= 4 is 46.0 Å². The molecule has 2 aromatic rings. The number of aliphatic hydroxyl groups excluding tert-OH is 1. The van der Waals surface area contributed by atoms with E-state index in [2.05, 4.69) is 0 Å². The Morgan fingerprint density at radius 3 is 2.61 bits per heavy atom. The lowest BCUT2D eigenvalue weighted by atomic mass is 9.74. The average molecular weight is 533 g/mol. The third kappa shape index (κ3) is 3.57. The summed E-state index contributed by atoms with van der Waals surface area (Å²) in [5.41, 5.74) is 0.753. The second kappa shape index (κ2) is 9.27. The number of thioether (sulfide) groups is 1. The number of fused-ring (bicyclic) bond motifs is 3. The molecule has 38 heavy (non-hydrogen) atoms. The van der Waals surface area contributed by atoms with E-state index in [1.165, 1.54) is 11.8 Å². The molecule has 8 heteroatoms. The quantitative estimate of drug-likeness (QED) is 0.477. The molecular weight excluding hydrogens is 500 g/mol. The molecule has 4 aliphatic rings. The molecule has 2 fully saturated rings. The van der Waals surface area contributed by atoms with Crippen molar-refractivity contribution in [2.75, 3.05) is 24.7 Å². The second-order valence-electron chi connectivity index (χ2n) is 10.7. The van der Waals surface area contributed by atoms with E-state index >= 15 is 0 Å². The van der Waals surface area contributed by atoms with E-state index in [1.807, 2.05) is 80.6 Å². The Bertz CT molecular complexity index is 1370. The molecule has 0 aromatic heterocycles. The van der Waals surface area contributed by atoms with Gasteiger partial charge in [0.05, 0.1) is 35.8 Å². The van der Waals surface area contributed by atoms with Crippen LogP contribution in [0.5, 0.6) is 0 Å². The van der Waals surface area contributed by atoms with Crippen LogP contribution in [0.25, 0.3) is 10.8 Å². The van der Waals surface area contributed by atoms with Gasteiger partial charge in [-0.15, -0.1) is 11.8 Å². The minimum absolute atomic E-state index is 0.198.